The van der Waals surface area contributed by atoms with Crippen molar-refractivity contribution in [2.24, 2.45) is 23.5 Å². The Hall–Kier alpha value is -5.54. The number of allylic oxidation sites excluding steroid dienone is 5. The van der Waals surface area contributed by atoms with Gasteiger partial charge >= 0.3 is 5.97 Å². The first-order chi connectivity index (χ1) is 31.8. The molecule has 10 rings (SSSR count). The molecule has 0 spiro atoms. The number of phenolic OH excluding ortho intramolecular Hbond substituents is 2. The van der Waals surface area contributed by atoms with E-state index in [0.717, 1.165) is 60.6 Å². The second-order valence-corrected chi connectivity index (χ2v) is 19.6. The lowest BCUT2D eigenvalue weighted by molar-refractivity contribution is -0.171. The fourth-order valence-corrected chi connectivity index (χ4v) is 13.1. The molecule has 14 heteroatoms. The number of carbonyl (C=O) groups excluding carboxylic acids is 1. The Kier molecular flexibility index (Phi) is 11.4. The van der Waals surface area contributed by atoms with Crippen LogP contribution in [0.1, 0.15) is 112 Å². The molecule has 0 amide bonds. The van der Waals surface area contributed by atoms with Gasteiger partial charge in [-0.1, -0.05) is 38.0 Å². The zero-order valence-corrected chi connectivity index (χ0v) is 37.9. The largest absolute Gasteiger partial charge is 0.508 e. The van der Waals surface area contributed by atoms with Crippen LogP contribution in [0.5, 0.6) is 17.2 Å². The molecule has 3 aromatic rings. The Labute approximate surface area is 383 Å². The number of nitrogens with one attached hydrogen (secondary N) is 3. The highest BCUT2D eigenvalue weighted by Crippen LogP contribution is 2.61. The third kappa shape index (κ3) is 7.05. The molecule has 2 saturated carbocycles. The van der Waals surface area contributed by atoms with E-state index in [0.29, 0.717) is 55.6 Å². The van der Waals surface area contributed by atoms with E-state index in [2.05, 4.69) is 41.2 Å². The van der Waals surface area contributed by atoms with Gasteiger partial charge in [-0.2, -0.15) is 0 Å². The van der Waals surface area contributed by atoms with E-state index < -0.39 is 59.5 Å². The lowest BCUT2D eigenvalue weighted by atomic mass is 9.61. The Bertz CT molecular complexity index is 2710. The molecule has 14 nitrogen and oxygen atoms in total. The number of aliphatic hydroxyl groups excluding tert-OH is 2. The predicted octanol–water partition coefficient (Wildman–Crippen LogP) is 5.45. The van der Waals surface area contributed by atoms with Crippen LogP contribution < -0.4 is 31.8 Å². The number of fused-ring (bicyclic) bond motifs is 9. The number of aryl methyl sites for hydroxylation is 1. The molecule has 5 heterocycles. The van der Waals surface area contributed by atoms with Crippen LogP contribution in [0, 0.1) is 17.8 Å². The standard InChI is InChI=1S/C52H62N4O10/c1-4-37(52(63)15-6-7-16-52)50(62)65-40-22-35-46(61)44-39(60)21-30(24-57)64-48(44)45-42-33-14-17-55-49(53)43(33)32(13-9-26-8-11-29(59)20-34(26)36(42)25-58)31-12-10-27-19-41(54-5-2)56-23-28(27)18-38(31)51(40,3)66-47(35)45/h4,8,11,14,19-21,23,31-32,36,38,40-42,54-59,61,63H,5-7,9-10,12-13,15-18,22,24-25,53H2,1-3H3/b37-4+/t31-,32+,36-,38+,40-,41?,42+,51+/m1/s1. The number of phenols is 2. The first-order valence-corrected chi connectivity index (χ1v) is 23.8. The number of aliphatic hydroxyl groups is 3. The van der Waals surface area contributed by atoms with E-state index in [1.54, 1.807) is 25.1 Å². The van der Waals surface area contributed by atoms with E-state index in [-0.39, 0.29) is 69.7 Å². The summed E-state index contributed by atoms with van der Waals surface area (Å²) in [6.45, 7) is 5.93. The van der Waals surface area contributed by atoms with Crippen molar-refractivity contribution in [2.45, 2.75) is 127 Å². The molecule has 2 aromatic carbocycles. The summed E-state index contributed by atoms with van der Waals surface area (Å²) in [6.07, 6.45) is 12.5. The van der Waals surface area contributed by atoms with Gasteiger partial charge < -0.3 is 55.8 Å². The molecule has 350 valence electrons. The van der Waals surface area contributed by atoms with Crippen LogP contribution in [0.25, 0.3) is 11.0 Å². The van der Waals surface area contributed by atoms with Crippen molar-refractivity contribution in [1.82, 2.24) is 16.0 Å². The molecule has 7 aliphatic rings. The van der Waals surface area contributed by atoms with Gasteiger partial charge in [-0.05, 0) is 129 Å². The first kappa shape index (κ1) is 44.3. The van der Waals surface area contributed by atoms with Crippen molar-refractivity contribution in [1.29, 1.82) is 0 Å². The van der Waals surface area contributed by atoms with Crippen LogP contribution in [-0.2, 0) is 29.0 Å². The van der Waals surface area contributed by atoms with Crippen LogP contribution in [0.3, 0.4) is 0 Å². The van der Waals surface area contributed by atoms with Gasteiger partial charge in [0.15, 0.2) is 5.43 Å². The molecule has 1 unspecified atom stereocenters. The Balaban J connectivity index is 1.31. The first-order valence-electron chi connectivity index (χ1n) is 23.8. The summed E-state index contributed by atoms with van der Waals surface area (Å²) in [7, 11) is 0. The fraction of sp³-hybridized carbons (Fsp3) is 0.500. The maximum absolute atomic E-state index is 14.8. The molecule has 2 fully saturated rings. The van der Waals surface area contributed by atoms with E-state index in [9.17, 15) is 35.1 Å². The number of benzene rings is 2. The van der Waals surface area contributed by atoms with E-state index >= 15 is 0 Å². The number of aromatic hydroxyl groups is 2. The van der Waals surface area contributed by atoms with Gasteiger partial charge in [0.2, 0.25) is 0 Å². The van der Waals surface area contributed by atoms with Crippen LogP contribution in [0.15, 0.2) is 91.6 Å². The molecule has 1 aromatic heterocycles. The fourth-order valence-electron chi connectivity index (χ4n) is 13.1. The summed E-state index contributed by atoms with van der Waals surface area (Å²) in [5, 5.41) is 68.2. The SMILES string of the molecule is C/C=C(\C(=O)O[C@@H]1Cc2c3c(c4oc(CO)cc(=O)c4c2O)[C@H]2C4=CCNC(N)=C4[C@@H](CCc4ccc(O)cc4[C@H]2CO)[C@H]2CCC4=CC(NCC)NC=C4C[C@@H]2[C@]1(C)O3)C1(O)CCCC1. The zero-order chi connectivity index (χ0) is 46.2. The highest BCUT2D eigenvalue weighted by molar-refractivity contribution is 5.93. The third-order valence-electron chi connectivity index (χ3n) is 16.2. The summed E-state index contributed by atoms with van der Waals surface area (Å²) in [5.74, 6) is -2.69. The van der Waals surface area contributed by atoms with E-state index in [1.165, 1.54) is 5.57 Å². The van der Waals surface area contributed by atoms with Gasteiger partial charge in [-0.3, -0.25) is 10.1 Å². The van der Waals surface area contributed by atoms with Gasteiger partial charge in [0.25, 0.3) is 0 Å². The maximum atomic E-state index is 14.8. The van der Waals surface area contributed by atoms with Crippen LogP contribution >= 0.6 is 0 Å². The van der Waals surface area contributed by atoms with Gasteiger partial charge in [-0.25, -0.2) is 4.79 Å². The van der Waals surface area contributed by atoms with Crippen LogP contribution in [0.2, 0.25) is 0 Å². The molecular weight excluding hydrogens is 841 g/mol. The Morgan fingerprint density at radius 3 is 2.64 bits per heavy atom. The highest BCUT2D eigenvalue weighted by Gasteiger charge is 2.58. The number of dihydropyridines is 2. The average Bonchev–Trinajstić information content (AvgIpc) is 3.66. The molecule has 3 aliphatic carbocycles. The average molecular weight is 903 g/mol. The van der Waals surface area contributed by atoms with Gasteiger partial charge in [0.05, 0.1) is 23.9 Å². The van der Waals surface area contributed by atoms with E-state index in [4.69, 9.17) is 19.6 Å². The van der Waals surface area contributed by atoms with Crippen molar-refractivity contribution in [3.05, 3.63) is 121 Å². The molecule has 8 atom stereocenters. The minimum Gasteiger partial charge on any atom is -0.508 e. The number of esters is 1. The minimum atomic E-state index is -1.35. The Morgan fingerprint density at radius 2 is 1.89 bits per heavy atom. The molecule has 0 radical (unpaired) electrons. The molecule has 4 aliphatic heterocycles. The third-order valence-corrected chi connectivity index (χ3v) is 16.2. The van der Waals surface area contributed by atoms with Crippen LogP contribution in [0.4, 0.5) is 0 Å². The molecule has 10 N–H and O–H groups in total. The second kappa shape index (κ2) is 17.0. The lowest BCUT2D eigenvalue weighted by Gasteiger charge is -2.52. The molecular formula is C52H62N4O10. The minimum absolute atomic E-state index is 0.00424. The van der Waals surface area contributed by atoms with Crippen LogP contribution in [-0.4, -0.2) is 74.7 Å². The lowest BCUT2D eigenvalue weighted by Crippen LogP contribution is -2.59. The van der Waals surface area contributed by atoms with Crippen molar-refractivity contribution >= 4 is 16.9 Å². The van der Waals surface area contributed by atoms with Crippen molar-refractivity contribution in [3.8, 4) is 17.2 Å². The van der Waals surface area contributed by atoms with Gasteiger partial charge in [-0.15, -0.1) is 0 Å². The summed E-state index contributed by atoms with van der Waals surface area (Å²) in [4.78, 5) is 29.1. The van der Waals surface area contributed by atoms with E-state index in [1.807, 2.05) is 13.0 Å². The van der Waals surface area contributed by atoms with Crippen molar-refractivity contribution in [2.75, 3.05) is 19.7 Å². The summed E-state index contributed by atoms with van der Waals surface area (Å²) in [6, 6.07) is 6.44. The molecule has 66 heavy (non-hydrogen) atoms. The number of ether oxygens (including phenoxy) is 2. The summed E-state index contributed by atoms with van der Waals surface area (Å²) in [5.41, 5.74) is 10.4. The van der Waals surface area contributed by atoms with Crippen molar-refractivity contribution < 1.29 is 44.2 Å². The second-order valence-electron chi connectivity index (χ2n) is 19.6. The summed E-state index contributed by atoms with van der Waals surface area (Å²) >= 11 is 0. The smallest absolute Gasteiger partial charge is 0.337 e. The number of hydrogen-bond acceptors (Lipinski definition) is 14. The number of carbonyl (C=O) groups is 1. The summed E-state index contributed by atoms with van der Waals surface area (Å²) < 4.78 is 21.0. The van der Waals surface area contributed by atoms with Crippen molar-refractivity contribution in [3.63, 3.8) is 0 Å². The highest BCUT2D eigenvalue weighted by atomic mass is 16.6. The molecule has 4 bridgehead atoms. The van der Waals surface area contributed by atoms with Gasteiger partial charge in [0.1, 0.15) is 58.1 Å². The number of likely N-dealkylation sites (N-methyl/N-ethyl adjacent to an activating group) is 1. The van der Waals surface area contributed by atoms with Gasteiger partial charge in [0, 0.05) is 54.1 Å². The quantitative estimate of drug-likeness (QED) is 0.106. The normalized spacial score (nSPS) is 29.9. The maximum Gasteiger partial charge on any atom is 0.337 e. The zero-order valence-electron chi connectivity index (χ0n) is 37.9. The number of nitrogens with two attached hydrogens (primary N) is 1. The predicted molar refractivity (Wildman–Crippen MR) is 247 cm³/mol. The molecule has 0 saturated heterocycles. The number of rotatable bonds is 7. The monoisotopic (exact) mass is 902 g/mol. The number of hydrogen-bond donors (Lipinski definition) is 9. The Morgan fingerprint density at radius 1 is 1.09 bits per heavy atom. The topological polar surface area (TPSA) is 229 Å².